The van der Waals surface area contributed by atoms with E-state index in [9.17, 15) is 14.7 Å². The van der Waals surface area contributed by atoms with Crippen LogP contribution in [0.1, 0.15) is 173 Å². The molecule has 2 N–H and O–H groups in total. The van der Waals surface area contributed by atoms with Crippen LogP contribution in [0.3, 0.4) is 0 Å². The van der Waals surface area contributed by atoms with Crippen molar-refractivity contribution < 1.29 is 38.4 Å². The average Bonchev–Trinajstić information content (AvgIpc) is 3.26. The molecule has 1 unspecified atom stereocenters. The number of esters is 1. The van der Waals surface area contributed by atoms with Gasteiger partial charge in [-0.2, -0.15) is 0 Å². The molecule has 0 saturated carbocycles. The number of carbonyl (C=O) groups is 2. The molecule has 3 rings (SSSR count). The molecule has 0 aromatic heterocycles. The van der Waals surface area contributed by atoms with Gasteiger partial charge in [-0.05, 0) is 30.4 Å². The Morgan fingerprint density at radius 3 is 1.70 bits per heavy atom. The van der Waals surface area contributed by atoms with Gasteiger partial charge in [0, 0.05) is 6.42 Å². The van der Waals surface area contributed by atoms with E-state index in [4.69, 9.17) is 23.7 Å². The minimum atomic E-state index is -0.961. The normalized spacial score (nSPS) is 19.5. The van der Waals surface area contributed by atoms with E-state index in [0.717, 1.165) is 49.7 Å². The van der Waals surface area contributed by atoms with Gasteiger partial charge in [0.1, 0.15) is 30.5 Å². The van der Waals surface area contributed by atoms with Crippen LogP contribution >= 0.6 is 0 Å². The molecule has 2 aromatic rings. The number of rotatable bonds is 36. The van der Waals surface area contributed by atoms with E-state index in [1.165, 1.54) is 89.9 Å². The zero-order valence-corrected chi connectivity index (χ0v) is 37.4. The van der Waals surface area contributed by atoms with Crippen molar-refractivity contribution in [2.24, 2.45) is 0 Å². The molecule has 9 nitrogen and oxygen atoms in total. The molecule has 338 valence electrons. The van der Waals surface area contributed by atoms with E-state index >= 15 is 0 Å². The number of carbonyl (C=O) groups excluding carboxylic acids is 2. The molecular weight excluding hydrogens is 755 g/mol. The molecule has 9 heteroatoms. The Labute approximate surface area is 363 Å². The number of hydrogen-bond acceptors (Lipinski definition) is 8. The highest BCUT2D eigenvalue weighted by Crippen LogP contribution is 2.29. The van der Waals surface area contributed by atoms with Crippen molar-refractivity contribution in [2.75, 3.05) is 13.2 Å². The van der Waals surface area contributed by atoms with Crippen LogP contribution in [0.4, 0.5) is 0 Å². The maximum absolute atomic E-state index is 14.1. The second-order valence-corrected chi connectivity index (χ2v) is 16.7. The molecule has 1 aliphatic heterocycles. The van der Waals surface area contributed by atoms with Gasteiger partial charge in [-0.25, -0.2) is 0 Å². The SMILES string of the molecule is C=CCO[C@@H]1[C@@H](NC(=O)CC(CCCCCCCCCCC)OC(=O)CCCCCCCCCCCCC)[C@H](OCc2ccccc2)O[C@H](CO)[C@H]1OCc1ccccc1. The number of ether oxygens (including phenoxy) is 5. The second kappa shape index (κ2) is 33.5. The molecule has 1 saturated heterocycles. The van der Waals surface area contributed by atoms with Gasteiger partial charge in [0.25, 0.3) is 0 Å². The van der Waals surface area contributed by atoms with E-state index in [1.807, 2.05) is 60.7 Å². The summed E-state index contributed by atoms with van der Waals surface area (Å²) in [5.74, 6) is -0.533. The molecule has 0 spiro atoms. The van der Waals surface area contributed by atoms with Crippen molar-refractivity contribution in [3.05, 3.63) is 84.4 Å². The minimum Gasteiger partial charge on any atom is -0.462 e. The average molecular weight is 836 g/mol. The fourth-order valence-electron chi connectivity index (χ4n) is 7.96. The smallest absolute Gasteiger partial charge is 0.306 e. The number of aliphatic hydroxyl groups is 1. The van der Waals surface area contributed by atoms with E-state index < -0.39 is 36.7 Å². The summed E-state index contributed by atoms with van der Waals surface area (Å²) in [4.78, 5) is 27.3. The van der Waals surface area contributed by atoms with Crippen molar-refractivity contribution in [3.8, 4) is 0 Å². The lowest BCUT2D eigenvalue weighted by molar-refractivity contribution is -0.288. The molecule has 1 amide bonds. The third-order valence-electron chi connectivity index (χ3n) is 11.4. The van der Waals surface area contributed by atoms with E-state index in [0.29, 0.717) is 12.8 Å². The van der Waals surface area contributed by atoms with Crippen molar-refractivity contribution in [1.29, 1.82) is 0 Å². The zero-order chi connectivity index (χ0) is 42.9. The van der Waals surface area contributed by atoms with Gasteiger partial charge in [0.2, 0.25) is 5.91 Å². The summed E-state index contributed by atoms with van der Waals surface area (Å²) in [6.07, 6.45) is 22.8. The van der Waals surface area contributed by atoms with Crippen LogP contribution in [-0.4, -0.2) is 66.9 Å². The van der Waals surface area contributed by atoms with Crippen molar-refractivity contribution >= 4 is 11.9 Å². The van der Waals surface area contributed by atoms with Crippen molar-refractivity contribution in [2.45, 2.75) is 211 Å². The Kier molecular flexibility index (Phi) is 28.7. The largest absolute Gasteiger partial charge is 0.462 e. The summed E-state index contributed by atoms with van der Waals surface area (Å²) < 4.78 is 31.6. The maximum atomic E-state index is 14.1. The van der Waals surface area contributed by atoms with Crippen LogP contribution in [0.25, 0.3) is 0 Å². The van der Waals surface area contributed by atoms with E-state index in [1.54, 1.807) is 6.08 Å². The highest BCUT2D eigenvalue weighted by Gasteiger charge is 2.48. The standard InChI is InChI=1S/C51H81NO8/c1-4-7-9-11-13-15-16-18-20-22-30-36-47(55)59-44(35-29-21-19-17-14-12-10-8-5-2)38-46(54)52-48-50(56-37-6-3)49(57-40-42-31-25-23-26-32-42)45(39-53)60-51(48)58-41-43-33-27-24-28-34-43/h6,23-28,31-34,44-45,48-51,53H,3-5,7-22,29-30,35-41H2,1-2H3,(H,52,54)/t44?,45-,48-,49-,50-,51-/m1/s1. The molecule has 0 bridgehead atoms. The molecule has 6 atom stereocenters. The highest BCUT2D eigenvalue weighted by atomic mass is 16.7. The fraction of sp³-hybridized carbons (Fsp3) is 0.686. The fourth-order valence-corrected chi connectivity index (χ4v) is 7.96. The van der Waals surface area contributed by atoms with Crippen LogP contribution < -0.4 is 5.32 Å². The van der Waals surface area contributed by atoms with Gasteiger partial charge in [-0.15, -0.1) is 6.58 Å². The Morgan fingerprint density at radius 1 is 0.683 bits per heavy atom. The predicted octanol–water partition coefficient (Wildman–Crippen LogP) is 11.5. The van der Waals surface area contributed by atoms with Crippen LogP contribution in [0.5, 0.6) is 0 Å². The number of nitrogens with one attached hydrogen (secondary N) is 1. The lowest BCUT2D eigenvalue weighted by atomic mass is 9.95. The first-order valence-electron chi connectivity index (χ1n) is 23.8. The summed E-state index contributed by atoms with van der Waals surface area (Å²) >= 11 is 0. The predicted molar refractivity (Wildman–Crippen MR) is 241 cm³/mol. The lowest BCUT2D eigenvalue weighted by Gasteiger charge is -2.46. The third-order valence-corrected chi connectivity index (χ3v) is 11.4. The molecule has 1 heterocycles. The molecule has 60 heavy (non-hydrogen) atoms. The minimum absolute atomic E-state index is 0.00999. The zero-order valence-electron chi connectivity index (χ0n) is 37.4. The summed E-state index contributed by atoms with van der Waals surface area (Å²) in [6.45, 7) is 8.67. The first-order chi connectivity index (χ1) is 29.5. The van der Waals surface area contributed by atoms with Crippen molar-refractivity contribution in [3.63, 3.8) is 0 Å². The first-order valence-corrected chi connectivity index (χ1v) is 23.8. The molecular formula is C51H81NO8. The lowest BCUT2D eigenvalue weighted by Crippen LogP contribution is -2.66. The van der Waals surface area contributed by atoms with Crippen LogP contribution in [-0.2, 0) is 46.5 Å². The van der Waals surface area contributed by atoms with Gasteiger partial charge < -0.3 is 34.1 Å². The summed E-state index contributed by atoms with van der Waals surface area (Å²) in [7, 11) is 0. The monoisotopic (exact) mass is 836 g/mol. The van der Waals surface area contributed by atoms with Gasteiger partial charge in [-0.3, -0.25) is 9.59 Å². The molecule has 1 aliphatic rings. The van der Waals surface area contributed by atoms with Crippen LogP contribution in [0.2, 0.25) is 0 Å². The number of hydrogen-bond donors (Lipinski definition) is 2. The number of benzene rings is 2. The third kappa shape index (κ3) is 22.1. The highest BCUT2D eigenvalue weighted by molar-refractivity contribution is 5.77. The van der Waals surface area contributed by atoms with E-state index in [-0.39, 0.29) is 44.7 Å². The van der Waals surface area contributed by atoms with Crippen molar-refractivity contribution in [1.82, 2.24) is 5.32 Å². The summed E-state index contributed by atoms with van der Waals surface area (Å²) in [5.41, 5.74) is 1.89. The molecule has 1 fully saturated rings. The number of amides is 1. The Hall–Kier alpha value is -3.08. The van der Waals surface area contributed by atoms with Crippen LogP contribution in [0, 0.1) is 0 Å². The van der Waals surface area contributed by atoms with Gasteiger partial charge in [0.05, 0.1) is 32.8 Å². The summed E-state index contributed by atoms with van der Waals surface area (Å²) in [5, 5.41) is 13.7. The quantitative estimate of drug-likeness (QED) is 0.0396. The van der Waals surface area contributed by atoms with Crippen LogP contribution in [0.15, 0.2) is 73.3 Å². The summed E-state index contributed by atoms with van der Waals surface area (Å²) in [6, 6.07) is 18.7. The van der Waals surface area contributed by atoms with Gasteiger partial charge >= 0.3 is 5.97 Å². The Bertz CT molecular complexity index is 1360. The van der Waals surface area contributed by atoms with Gasteiger partial charge in [0.15, 0.2) is 6.29 Å². The Morgan fingerprint density at radius 2 is 1.18 bits per heavy atom. The number of unbranched alkanes of at least 4 members (excludes halogenated alkanes) is 18. The first kappa shape index (κ1) is 51.3. The number of aliphatic hydroxyl groups excluding tert-OH is 1. The molecule has 0 aliphatic carbocycles. The molecule has 2 aromatic carbocycles. The molecule has 0 radical (unpaired) electrons. The topological polar surface area (TPSA) is 113 Å². The van der Waals surface area contributed by atoms with Gasteiger partial charge in [-0.1, -0.05) is 196 Å². The maximum Gasteiger partial charge on any atom is 0.306 e. The van der Waals surface area contributed by atoms with E-state index in [2.05, 4.69) is 25.7 Å². The second-order valence-electron chi connectivity index (χ2n) is 16.7. The Balaban J connectivity index is 1.67.